The van der Waals surface area contributed by atoms with Crippen molar-refractivity contribution in [2.75, 3.05) is 31.1 Å². The summed E-state index contributed by atoms with van der Waals surface area (Å²) in [5.41, 5.74) is 7.96. The van der Waals surface area contributed by atoms with Crippen LogP contribution in [-0.2, 0) is 10.0 Å². The number of anilines is 1. The van der Waals surface area contributed by atoms with Crippen molar-refractivity contribution in [2.45, 2.75) is 18.7 Å². The van der Waals surface area contributed by atoms with Crippen LogP contribution in [0.25, 0.3) is 0 Å². The highest BCUT2D eigenvalue weighted by atomic mass is 32.2. The van der Waals surface area contributed by atoms with E-state index in [1.807, 2.05) is 30.9 Å². The van der Waals surface area contributed by atoms with Gasteiger partial charge in [0.15, 0.2) is 0 Å². The molecule has 0 aliphatic carbocycles. The quantitative estimate of drug-likeness (QED) is 0.870. The van der Waals surface area contributed by atoms with E-state index in [0.717, 1.165) is 16.8 Å². The van der Waals surface area contributed by atoms with Crippen molar-refractivity contribution in [1.82, 2.24) is 9.29 Å². The predicted molar refractivity (Wildman–Crippen MR) is 99.6 cm³/mol. The number of sulfonamides is 1. The number of primary amides is 1. The molecule has 0 atom stereocenters. The standard InChI is InChI=1S/C18H22N4O3S/c1-13-3-4-14(2)17(11-13)26(24,25)22-9-7-21(8-10-22)15-5-6-20-16(12-15)18(19)23/h3-6,11-12H,7-10H2,1-2H3,(H2,19,23). The lowest BCUT2D eigenvalue weighted by Crippen LogP contribution is -2.48. The number of carbonyl (C=O) groups excluding carboxylic acids is 1. The number of aromatic nitrogens is 1. The average Bonchev–Trinajstić information content (AvgIpc) is 2.64. The Kier molecular flexibility index (Phi) is 4.97. The van der Waals surface area contributed by atoms with Crippen LogP contribution in [-0.4, -0.2) is 49.8 Å². The van der Waals surface area contributed by atoms with Crippen molar-refractivity contribution in [3.63, 3.8) is 0 Å². The summed E-state index contributed by atoms with van der Waals surface area (Å²) in [6.07, 6.45) is 1.54. The molecule has 1 aromatic heterocycles. The second-order valence-electron chi connectivity index (χ2n) is 6.42. The second kappa shape index (κ2) is 7.05. The van der Waals surface area contributed by atoms with Crippen LogP contribution in [0.15, 0.2) is 41.4 Å². The van der Waals surface area contributed by atoms with Crippen LogP contribution in [0.4, 0.5) is 5.69 Å². The maximum atomic E-state index is 13.0. The number of hydrogen-bond acceptors (Lipinski definition) is 5. The van der Waals surface area contributed by atoms with Crippen molar-refractivity contribution in [1.29, 1.82) is 0 Å². The highest BCUT2D eigenvalue weighted by Crippen LogP contribution is 2.24. The van der Waals surface area contributed by atoms with Gasteiger partial charge in [-0.1, -0.05) is 12.1 Å². The molecule has 1 aliphatic rings. The van der Waals surface area contributed by atoms with Crippen molar-refractivity contribution in [3.8, 4) is 0 Å². The van der Waals surface area contributed by atoms with E-state index in [-0.39, 0.29) is 5.69 Å². The Hall–Kier alpha value is -2.45. The fourth-order valence-corrected chi connectivity index (χ4v) is 4.79. The Labute approximate surface area is 153 Å². The molecule has 8 heteroatoms. The van der Waals surface area contributed by atoms with Crippen LogP contribution in [0.5, 0.6) is 0 Å². The first-order valence-electron chi connectivity index (χ1n) is 8.37. The number of rotatable bonds is 4. The monoisotopic (exact) mass is 374 g/mol. The Morgan fingerprint density at radius 3 is 2.42 bits per heavy atom. The Balaban J connectivity index is 1.77. The predicted octanol–water partition coefficient (Wildman–Crippen LogP) is 1.31. The lowest BCUT2D eigenvalue weighted by Gasteiger charge is -2.35. The number of aryl methyl sites for hydroxylation is 2. The van der Waals surface area contributed by atoms with Gasteiger partial charge in [-0.2, -0.15) is 4.31 Å². The molecule has 0 bridgehead atoms. The fraction of sp³-hybridized carbons (Fsp3) is 0.333. The van der Waals surface area contributed by atoms with Crippen LogP contribution in [0, 0.1) is 13.8 Å². The molecule has 0 radical (unpaired) electrons. The van der Waals surface area contributed by atoms with Gasteiger partial charge in [-0.3, -0.25) is 9.78 Å². The van der Waals surface area contributed by atoms with E-state index in [9.17, 15) is 13.2 Å². The lowest BCUT2D eigenvalue weighted by atomic mass is 10.2. The molecule has 1 aromatic carbocycles. The minimum atomic E-state index is -3.52. The van der Waals surface area contributed by atoms with Gasteiger partial charge < -0.3 is 10.6 Å². The van der Waals surface area contributed by atoms with Gasteiger partial charge in [-0.15, -0.1) is 0 Å². The second-order valence-corrected chi connectivity index (χ2v) is 8.33. The van der Waals surface area contributed by atoms with E-state index >= 15 is 0 Å². The number of piperazine rings is 1. The molecule has 7 nitrogen and oxygen atoms in total. The lowest BCUT2D eigenvalue weighted by molar-refractivity contribution is 0.0995. The highest BCUT2D eigenvalue weighted by Gasteiger charge is 2.29. The van der Waals surface area contributed by atoms with Gasteiger partial charge in [0.1, 0.15) is 5.69 Å². The topological polar surface area (TPSA) is 96.6 Å². The molecule has 3 rings (SSSR count). The number of pyridine rings is 1. The molecule has 0 saturated carbocycles. The molecule has 1 fully saturated rings. The third-order valence-electron chi connectivity index (χ3n) is 4.56. The van der Waals surface area contributed by atoms with Gasteiger partial charge in [-0.25, -0.2) is 8.42 Å². The minimum Gasteiger partial charge on any atom is -0.369 e. The first kappa shape index (κ1) is 18.3. The van der Waals surface area contributed by atoms with Gasteiger partial charge >= 0.3 is 0 Å². The number of benzene rings is 1. The molecule has 2 N–H and O–H groups in total. The van der Waals surface area contributed by atoms with E-state index in [1.165, 1.54) is 10.5 Å². The fourth-order valence-electron chi connectivity index (χ4n) is 3.06. The largest absolute Gasteiger partial charge is 0.369 e. The summed E-state index contributed by atoms with van der Waals surface area (Å²) in [4.78, 5) is 17.6. The maximum absolute atomic E-state index is 13.0. The van der Waals surface area contributed by atoms with E-state index in [4.69, 9.17) is 5.73 Å². The Morgan fingerprint density at radius 1 is 1.08 bits per heavy atom. The summed E-state index contributed by atoms with van der Waals surface area (Å²) in [6.45, 7) is 5.52. The molecule has 138 valence electrons. The number of hydrogen-bond donors (Lipinski definition) is 1. The average molecular weight is 374 g/mol. The zero-order valence-corrected chi connectivity index (χ0v) is 15.7. The molecule has 1 saturated heterocycles. The van der Waals surface area contributed by atoms with Gasteiger partial charge in [0.2, 0.25) is 10.0 Å². The zero-order valence-electron chi connectivity index (χ0n) is 14.8. The smallest absolute Gasteiger partial charge is 0.267 e. The van der Waals surface area contributed by atoms with Crippen LogP contribution in [0.1, 0.15) is 21.6 Å². The molecule has 2 aromatic rings. The summed E-state index contributed by atoms with van der Waals surface area (Å²) in [5.74, 6) is -0.581. The van der Waals surface area contributed by atoms with Crippen LogP contribution in [0.3, 0.4) is 0 Å². The van der Waals surface area contributed by atoms with Crippen LogP contribution in [0.2, 0.25) is 0 Å². The SMILES string of the molecule is Cc1ccc(C)c(S(=O)(=O)N2CCN(c3ccnc(C(N)=O)c3)CC2)c1. The van der Waals surface area contributed by atoms with E-state index < -0.39 is 15.9 Å². The van der Waals surface area contributed by atoms with Crippen molar-refractivity contribution < 1.29 is 13.2 Å². The van der Waals surface area contributed by atoms with Gasteiger partial charge in [0, 0.05) is 38.1 Å². The van der Waals surface area contributed by atoms with Gasteiger partial charge in [0.05, 0.1) is 4.90 Å². The first-order valence-corrected chi connectivity index (χ1v) is 9.81. The number of nitrogens with zero attached hydrogens (tertiary/aromatic N) is 3. The van der Waals surface area contributed by atoms with Crippen molar-refractivity contribution in [2.24, 2.45) is 5.73 Å². The van der Waals surface area contributed by atoms with Crippen LogP contribution >= 0.6 is 0 Å². The zero-order chi connectivity index (χ0) is 18.9. The Morgan fingerprint density at radius 2 is 1.77 bits per heavy atom. The number of nitrogens with two attached hydrogens (primary N) is 1. The summed E-state index contributed by atoms with van der Waals surface area (Å²) in [6, 6.07) is 8.89. The molecule has 1 amide bonds. The normalized spacial score (nSPS) is 15.8. The minimum absolute atomic E-state index is 0.202. The summed E-state index contributed by atoms with van der Waals surface area (Å²) in [7, 11) is -3.52. The van der Waals surface area contributed by atoms with Crippen molar-refractivity contribution in [3.05, 3.63) is 53.3 Å². The summed E-state index contributed by atoms with van der Waals surface area (Å²) < 4.78 is 27.5. The molecule has 2 heterocycles. The van der Waals surface area contributed by atoms with E-state index in [2.05, 4.69) is 4.98 Å². The van der Waals surface area contributed by atoms with Crippen molar-refractivity contribution >= 4 is 21.6 Å². The number of amides is 1. The molecular formula is C18H22N4O3S. The Bertz CT molecular complexity index is 935. The first-order chi connectivity index (χ1) is 12.3. The van der Waals surface area contributed by atoms with E-state index in [0.29, 0.717) is 31.1 Å². The third-order valence-corrected chi connectivity index (χ3v) is 6.60. The molecule has 26 heavy (non-hydrogen) atoms. The summed E-state index contributed by atoms with van der Waals surface area (Å²) >= 11 is 0. The van der Waals surface area contributed by atoms with Gasteiger partial charge in [0.25, 0.3) is 5.91 Å². The third kappa shape index (κ3) is 3.56. The molecule has 0 spiro atoms. The highest BCUT2D eigenvalue weighted by molar-refractivity contribution is 7.89. The summed E-state index contributed by atoms with van der Waals surface area (Å²) in [5, 5.41) is 0. The van der Waals surface area contributed by atoms with E-state index in [1.54, 1.807) is 18.2 Å². The number of carbonyl (C=O) groups is 1. The van der Waals surface area contributed by atoms with Gasteiger partial charge in [-0.05, 0) is 43.2 Å². The maximum Gasteiger partial charge on any atom is 0.267 e. The molecule has 1 aliphatic heterocycles. The van der Waals surface area contributed by atoms with Crippen LogP contribution < -0.4 is 10.6 Å². The molecule has 0 unspecified atom stereocenters. The molecular weight excluding hydrogens is 352 g/mol.